The van der Waals surface area contributed by atoms with Crippen LogP contribution < -0.4 is 33.2 Å². The highest BCUT2D eigenvalue weighted by atomic mass is 32.1. The summed E-state index contributed by atoms with van der Waals surface area (Å²) in [6.07, 6.45) is 0.896. The molecule has 0 aliphatic rings. The molecule has 13 heteroatoms. The molecule has 1 aromatic carbocycles. The summed E-state index contributed by atoms with van der Waals surface area (Å²) in [6.45, 7) is 0.386. The van der Waals surface area contributed by atoms with E-state index >= 15 is 0 Å². The number of amides is 4. The molecule has 194 valence electrons. The molecule has 0 aliphatic carbocycles. The number of carbonyl (C=O) groups is 5. The zero-order chi connectivity index (χ0) is 26.4. The van der Waals surface area contributed by atoms with Crippen molar-refractivity contribution in [3.63, 3.8) is 0 Å². The number of benzene rings is 1. The molecule has 4 atom stereocenters. The van der Waals surface area contributed by atoms with E-state index in [9.17, 15) is 29.1 Å². The van der Waals surface area contributed by atoms with E-state index in [1.807, 2.05) is 6.07 Å². The van der Waals surface area contributed by atoms with E-state index < -0.39 is 60.2 Å². The van der Waals surface area contributed by atoms with Gasteiger partial charge in [-0.2, -0.15) is 12.6 Å². The number of rotatable bonds is 16. The molecule has 1 rings (SSSR count). The maximum atomic E-state index is 12.8. The Morgan fingerprint density at radius 3 is 2.00 bits per heavy atom. The quantitative estimate of drug-likeness (QED) is 0.0918. The zero-order valence-electron chi connectivity index (χ0n) is 19.3. The van der Waals surface area contributed by atoms with Gasteiger partial charge >= 0.3 is 5.97 Å². The van der Waals surface area contributed by atoms with E-state index in [1.165, 1.54) is 0 Å². The Kier molecular flexibility index (Phi) is 13.4. The second-order valence-electron chi connectivity index (χ2n) is 7.96. The van der Waals surface area contributed by atoms with Gasteiger partial charge in [-0.3, -0.25) is 19.2 Å². The molecule has 35 heavy (non-hydrogen) atoms. The number of carboxylic acid groups (broad SMARTS) is 1. The van der Waals surface area contributed by atoms with E-state index in [4.69, 9.17) is 17.2 Å². The van der Waals surface area contributed by atoms with Crippen molar-refractivity contribution in [1.29, 1.82) is 0 Å². The first kappa shape index (κ1) is 29.9. The van der Waals surface area contributed by atoms with Crippen molar-refractivity contribution in [3.05, 3.63) is 35.9 Å². The fourth-order valence-electron chi connectivity index (χ4n) is 3.14. The number of primary amides is 1. The average Bonchev–Trinajstić information content (AvgIpc) is 2.81. The van der Waals surface area contributed by atoms with Gasteiger partial charge in [0.25, 0.3) is 0 Å². The average molecular weight is 511 g/mol. The van der Waals surface area contributed by atoms with Crippen LogP contribution in [0.3, 0.4) is 0 Å². The molecule has 0 bridgehead atoms. The monoisotopic (exact) mass is 510 g/mol. The van der Waals surface area contributed by atoms with Crippen LogP contribution in [-0.4, -0.2) is 71.2 Å². The summed E-state index contributed by atoms with van der Waals surface area (Å²) >= 11 is 4.05. The second-order valence-corrected chi connectivity index (χ2v) is 8.32. The highest BCUT2D eigenvalue weighted by Crippen LogP contribution is 2.05. The van der Waals surface area contributed by atoms with Crippen molar-refractivity contribution in [2.45, 2.75) is 56.3 Å². The minimum atomic E-state index is -1.39. The largest absolute Gasteiger partial charge is 0.480 e. The third kappa shape index (κ3) is 11.2. The van der Waals surface area contributed by atoms with Crippen LogP contribution in [0.4, 0.5) is 0 Å². The van der Waals surface area contributed by atoms with Gasteiger partial charge in [-0.25, -0.2) is 4.79 Å². The summed E-state index contributed by atoms with van der Waals surface area (Å²) in [5.41, 5.74) is 17.4. The molecule has 0 aliphatic heterocycles. The number of unbranched alkanes of at least 4 members (excludes halogenated alkanes) is 1. The first-order chi connectivity index (χ1) is 16.6. The normalized spacial score (nSPS) is 14.1. The van der Waals surface area contributed by atoms with Crippen LogP contribution in [0.5, 0.6) is 0 Å². The number of hydrogen-bond acceptors (Lipinski definition) is 8. The SMILES string of the molecule is NCCCCC(NC(=O)C(CS)NC(=O)C(CC(N)=O)NC(=O)C(N)Cc1ccccc1)C(=O)O. The molecule has 0 fully saturated rings. The molecule has 0 saturated carbocycles. The van der Waals surface area contributed by atoms with Crippen molar-refractivity contribution in [2.75, 3.05) is 12.3 Å². The minimum Gasteiger partial charge on any atom is -0.480 e. The molecule has 10 N–H and O–H groups in total. The lowest BCUT2D eigenvalue weighted by Crippen LogP contribution is -2.58. The molecular formula is C22H34N6O6S. The maximum absolute atomic E-state index is 12.8. The standard InChI is InChI=1S/C22H34N6O6S/c23-9-5-4-8-15(22(33)34)26-21(32)17(12-35)28-20(31)16(11-18(25)29)27-19(30)14(24)10-13-6-2-1-3-7-13/h1-3,6-7,14-17,35H,4-5,8-12,23-24H2,(H2,25,29)(H,26,32)(H,27,30)(H,28,31)(H,33,34). The Balaban J connectivity index is 2.81. The van der Waals surface area contributed by atoms with Crippen LogP contribution in [0.15, 0.2) is 30.3 Å². The van der Waals surface area contributed by atoms with E-state index in [-0.39, 0.29) is 18.6 Å². The van der Waals surface area contributed by atoms with E-state index in [2.05, 4.69) is 28.6 Å². The number of carbonyl (C=O) groups excluding carboxylic acids is 4. The molecule has 4 amide bonds. The molecule has 0 radical (unpaired) electrons. The number of aliphatic carboxylic acids is 1. The smallest absolute Gasteiger partial charge is 0.326 e. The van der Waals surface area contributed by atoms with Crippen LogP contribution in [0.2, 0.25) is 0 Å². The highest BCUT2D eigenvalue weighted by molar-refractivity contribution is 7.80. The topological polar surface area (TPSA) is 220 Å². The predicted octanol–water partition coefficient (Wildman–Crippen LogP) is -1.97. The van der Waals surface area contributed by atoms with Crippen LogP contribution in [-0.2, 0) is 30.4 Å². The van der Waals surface area contributed by atoms with Crippen molar-refractivity contribution < 1.29 is 29.1 Å². The molecule has 1 aromatic rings. The molecule has 0 spiro atoms. The third-order valence-corrected chi connectivity index (χ3v) is 5.42. The summed E-state index contributed by atoms with van der Waals surface area (Å²) in [5, 5.41) is 16.5. The molecule has 0 saturated heterocycles. The third-order valence-electron chi connectivity index (χ3n) is 5.05. The number of carboxylic acids is 1. The molecule has 0 aromatic heterocycles. The Morgan fingerprint density at radius 2 is 1.46 bits per heavy atom. The van der Waals surface area contributed by atoms with Gasteiger partial charge in [0, 0.05) is 5.75 Å². The Labute approximate surface area is 209 Å². The van der Waals surface area contributed by atoms with Gasteiger partial charge in [0.2, 0.25) is 23.6 Å². The number of nitrogens with two attached hydrogens (primary N) is 3. The van der Waals surface area contributed by atoms with Crippen molar-refractivity contribution in [3.8, 4) is 0 Å². The van der Waals surface area contributed by atoms with Crippen molar-refractivity contribution in [2.24, 2.45) is 17.2 Å². The summed E-state index contributed by atoms with van der Waals surface area (Å²) in [4.78, 5) is 60.8. The molecule has 4 unspecified atom stereocenters. The summed E-state index contributed by atoms with van der Waals surface area (Å²) in [6, 6.07) is 4.17. The minimum absolute atomic E-state index is 0.158. The predicted molar refractivity (Wildman–Crippen MR) is 132 cm³/mol. The van der Waals surface area contributed by atoms with E-state index in [0.29, 0.717) is 19.4 Å². The van der Waals surface area contributed by atoms with Gasteiger partial charge in [0.15, 0.2) is 0 Å². The fraction of sp³-hybridized carbons (Fsp3) is 0.500. The Morgan fingerprint density at radius 1 is 0.886 bits per heavy atom. The maximum Gasteiger partial charge on any atom is 0.326 e. The number of hydrogen-bond donors (Lipinski definition) is 8. The van der Waals surface area contributed by atoms with Crippen molar-refractivity contribution in [1.82, 2.24) is 16.0 Å². The van der Waals surface area contributed by atoms with Crippen LogP contribution in [0, 0.1) is 0 Å². The van der Waals surface area contributed by atoms with Gasteiger partial charge in [0.1, 0.15) is 18.1 Å². The molecule has 12 nitrogen and oxygen atoms in total. The molecule has 0 heterocycles. The van der Waals surface area contributed by atoms with Gasteiger partial charge in [0.05, 0.1) is 12.5 Å². The lowest BCUT2D eigenvalue weighted by atomic mass is 10.0. The number of thiol groups is 1. The van der Waals surface area contributed by atoms with Gasteiger partial charge in [-0.15, -0.1) is 0 Å². The van der Waals surface area contributed by atoms with Gasteiger partial charge in [-0.05, 0) is 37.8 Å². The fourth-order valence-corrected chi connectivity index (χ4v) is 3.40. The Hall–Kier alpha value is -3.16. The summed E-state index contributed by atoms with van der Waals surface area (Å²) < 4.78 is 0. The first-order valence-corrected chi connectivity index (χ1v) is 11.7. The van der Waals surface area contributed by atoms with Gasteiger partial charge in [-0.1, -0.05) is 30.3 Å². The number of nitrogens with one attached hydrogen (secondary N) is 3. The van der Waals surface area contributed by atoms with Crippen LogP contribution in [0.1, 0.15) is 31.2 Å². The Bertz CT molecular complexity index is 871. The lowest BCUT2D eigenvalue weighted by Gasteiger charge is -2.24. The van der Waals surface area contributed by atoms with E-state index in [1.54, 1.807) is 24.3 Å². The second kappa shape index (κ2) is 15.7. The molecular weight excluding hydrogens is 476 g/mol. The van der Waals surface area contributed by atoms with Crippen LogP contribution >= 0.6 is 12.6 Å². The lowest BCUT2D eigenvalue weighted by molar-refractivity contribution is -0.142. The van der Waals surface area contributed by atoms with Gasteiger partial charge < -0.3 is 38.3 Å². The van der Waals surface area contributed by atoms with Crippen molar-refractivity contribution >= 4 is 42.2 Å². The first-order valence-electron chi connectivity index (χ1n) is 11.1. The highest BCUT2D eigenvalue weighted by Gasteiger charge is 2.30. The van der Waals surface area contributed by atoms with E-state index in [0.717, 1.165) is 5.56 Å². The summed E-state index contributed by atoms with van der Waals surface area (Å²) in [5.74, 6) is -4.59. The summed E-state index contributed by atoms with van der Waals surface area (Å²) in [7, 11) is 0. The zero-order valence-corrected chi connectivity index (χ0v) is 20.2. The van der Waals surface area contributed by atoms with Crippen LogP contribution in [0.25, 0.3) is 0 Å².